The maximum Gasteiger partial charge on any atom is 0.220 e. The number of fused-ring (bicyclic) bond motifs is 2. The molecule has 1 saturated carbocycles. The van der Waals surface area contributed by atoms with Crippen molar-refractivity contribution < 1.29 is 13.9 Å². The summed E-state index contributed by atoms with van der Waals surface area (Å²) in [7, 11) is 1.82. The van der Waals surface area contributed by atoms with E-state index < -0.39 is 0 Å². The van der Waals surface area contributed by atoms with Gasteiger partial charge in [0.05, 0.1) is 16.7 Å². The molecule has 0 amide bonds. The molecule has 5 rings (SSSR count). The summed E-state index contributed by atoms with van der Waals surface area (Å²) >= 11 is 1.46. The van der Waals surface area contributed by atoms with Gasteiger partial charge in [-0.05, 0) is 44.0 Å². The Balaban J connectivity index is 0.000000459. The summed E-state index contributed by atoms with van der Waals surface area (Å²) in [6.07, 6.45) is 4.71. The maximum atomic E-state index is 13.4. The summed E-state index contributed by atoms with van der Waals surface area (Å²) in [6, 6.07) is 9.07. The number of carbonyl (C=O) groups is 1. The highest BCUT2D eigenvalue weighted by Gasteiger charge is 2.19. The number of allylic oxidation sites excluding steroid dienone is 2. The van der Waals surface area contributed by atoms with E-state index in [0.717, 1.165) is 45.6 Å². The van der Waals surface area contributed by atoms with Gasteiger partial charge in [-0.3, -0.25) is 0 Å². The second-order valence-corrected chi connectivity index (χ2v) is 8.34. The van der Waals surface area contributed by atoms with Gasteiger partial charge in [-0.15, -0.1) is 0 Å². The average molecular weight is 467 g/mol. The second-order valence-electron chi connectivity index (χ2n) is 7.36. The lowest BCUT2D eigenvalue weighted by atomic mass is 10.3. The molecule has 170 valence electrons. The van der Waals surface area contributed by atoms with Crippen LogP contribution >= 0.6 is 11.3 Å². The van der Waals surface area contributed by atoms with Crippen LogP contribution in [0.3, 0.4) is 0 Å². The largest absolute Gasteiger partial charge is 0.439 e. The number of nitrogens with zero attached hydrogens (tertiary/aromatic N) is 3. The number of rotatable bonds is 7. The number of H-pyrrole nitrogens is 1. The van der Waals surface area contributed by atoms with E-state index in [1.165, 1.54) is 24.3 Å². The Bertz CT molecular complexity index is 1340. The van der Waals surface area contributed by atoms with Crippen LogP contribution in [0.5, 0.6) is 11.6 Å². The van der Waals surface area contributed by atoms with Crippen molar-refractivity contribution >= 4 is 50.1 Å². The van der Waals surface area contributed by atoms with Crippen molar-refractivity contribution in [3.8, 4) is 11.6 Å². The minimum atomic E-state index is -0.370. The van der Waals surface area contributed by atoms with E-state index in [0.29, 0.717) is 23.5 Å². The average Bonchev–Trinajstić information content (AvgIpc) is 3.44. The lowest BCUT2D eigenvalue weighted by Gasteiger charge is -2.04. The minimum Gasteiger partial charge on any atom is -0.439 e. The fourth-order valence-corrected chi connectivity index (χ4v) is 3.62. The number of hydrogen-bond donors (Lipinski definition) is 3. The van der Waals surface area contributed by atoms with Crippen LogP contribution in [0.1, 0.15) is 19.8 Å². The standard InChI is InChI=1S/C19H17FN6OS.C4H6O/c1-4-12(10(2)20)22-18-23-13-6-5-11(9-15(13)24-18)27-16-8-7-14-17(26-16)28-19(21-3)25-14;5-3-4-1-2-4/h4-9H,1H2,2-3H3,(H,21,25)(H2,22,23,24);3-4H,1-2H2/b12-10-;. The molecule has 3 N–H and O–H groups in total. The van der Waals surface area contributed by atoms with Crippen molar-refractivity contribution in [1.82, 2.24) is 19.9 Å². The van der Waals surface area contributed by atoms with E-state index in [-0.39, 0.29) is 11.5 Å². The summed E-state index contributed by atoms with van der Waals surface area (Å²) in [5, 5.41) is 6.68. The zero-order chi connectivity index (χ0) is 23.4. The van der Waals surface area contributed by atoms with Crippen molar-refractivity contribution in [2.45, 2.75) is 19.8 Å². The Morgan fingerprint density at radius 2 is 2.03 bits per heavy atom. The van der Waals surface area contributed by atoms with Crippen LogP contribution < -0.4 is 15.4 Å². The molecule has 0 radical (unpaired) electrons. The number of benzene rings is 1. The molecule has 8 nitrogen and oxygen atoms in total. The van der Waals surface area contributed by atoms with Crippen LogP contribution in [0.2, 0.25) is 0 Å². The monoisotopic (exact) mass is 466 g/mol. The summed E-state index contributed by atoms with van der Waals surface area (Å²) in [4.78, 5) is 26.7. The number of halogens is 1. The molecule has 1 aliphatic carbocycles. The molecule has 3 aromatic heterocycles. The highest BCUT2D eigenvalue weighted by atomic mass is 32.1. The van der Waals surface area contributed by atoms with Crippen molar-refractivity contribution in [2.75, 3.05) is 17.7 Å². The Morgan fingerprint density at radius 3 is 2.67 bits per heavy atom. The van der Waals surface area contributed by atoms with E-state index in [9.17, 15) is 9.18 Å². The number of carbonyl (C=O) groups excluding carboxylic acids is 1. The predicted octanol–water partition coefficient (Wildman–Crippen LogP) is 5.80. The molecular weight excluding hydrogens is 443 g/mol. The number of aromatic amines is 1. The first-order valence-corrected chi connectivity index (χ1v) is 11.1. The molecule has 0 bridgehead atoms. The van der Waals surface area contributed by atoms with Gasteiger partial charge in [-0.25, -0.2) is 19.3 Å². The van der Waals surface area contributed by atoms with Crippen LogP contribution in [-0.2, 0) is 4.79 Å². The number of thiazole rings is 1. The van der Waals surface area contributed by atoms with E-state index in [2.05, 4.69) is 37.1 Å². The first-order valence-electron chi connectivity index (χ1n) is 10.3. The number of ether oxygens (including phenoxy) is 1. The third kappa shape index (κ3) is 5.53. The number of aldehydes is 1. The van der Waals surface area contributed by atoms with Gasteiger partial charge in [-0.2, -0.15) is 0 Å². The molecule has 3 heterocycles. The molecule has 1 aromatic carbocycles. The van der Waals surface area contributed by atoms with Crippen molar-refractivity contribution in [3.05, 3.63) is 54.5 Å². The third-order valence-corrected chi connectivity index (χ3v) is 5.74. The molecule has 0 saturated heterocycles. The third-order valence-electron chi connectivity index (χ3n) is 4.76. The van der Waals surface area contributed by atoms with Gasteiger partial charge in [0.2, 0.25) is 11.8 Å². The lowest BCUT2D eigenvalue weighted by molar-refractivity contribution is -0.108. The quantitative estimate of drug-likeness (QED) is 0.234. The topological polar surface area (TPSA) is 105 Å². The summed E-state index contributed by atoms with van der Waals surface area (Å²) in [5.74, 6) is 1.58. The first-order chi connectivity index (χ1) is 16.0. The molecule has 4 aromatic rings. The first kappa shape index (κ1) is 22.4. The normalized spacial score (nSPS) is 13.7. The van der Waals surface area contributed by atoms with Gasteiger partial charge >= 0.3 is 0 Å². The van der Waals surface area contributed by atoms with Crippen LogP contribution in [0, 0.1) is 5.92 Å². The number of pyridine rings is 1. The van der Waals surface area contributed by atoms with E-state index in [1.54, 1.807) is 12.1 Å². The van der Waals surface area contributed by atoms with Crippen LogP contribution in [0.25, 0.3) is 21.4 Å². The molecule has 33 heavy (non-hydrogen) atoms. The summed E-state index contributed by atoms with van der Waals surface area (Å²) in [5.41, 5.74) is 2.55. The maximum absolute atomic E-state index is 13.4. The number of imidazole rings is 1. The van der Waals surface area contributed by atoms with E-state index in [4.69, 9.17) is 4.74 Å². The van der Waals surface area contributed by atoms with Gasteiger partial charge in [-0.1, -0.05) is 17.9 Å². The molecule has 1 fully saturated rings. The van der Waals surface area contributed by atoms with E-state index in [1.807, 2.05) is 25.2 Å². The zero-order valence-electron chi connectivity index (χ0n) is 18.2. The van der Waals surface area contributed by atoms with Crippen molar-refractivity contribution in [1.29, 1.82) is 0 Å². The molecule has 1 aliphatic rings. The Kier molecular flexibility index (Phi) is 6.64. The molecule has 0 spiro atoms. The summed E-state index contributed by atoms with van der Waals surface area (Å²) in [6.45, 7) is 4.94. The second kappa shape index (κ2) is 9.78. The Labute approximate surface area is 193 Å². The van der Waals surface area contributed by atoms with Crippen LogP contribution in [0.15, 0.2) is 54.5 Å². The number of hydrogen-bond acceptors (Lipinski definition) is 8. The van der Waals surface area contributed by atoms with E-state index >= 15 is 0 Å². The molecule has 10 heteroatoms. The van der Waals surface area contributed by atoms with Crippen LogP contribution in [-0.4, -0.2) is 33.3 Å². The van der Waals surface area contributed by atoms with Gasteiger partial charge in [0, 0.05) is 25.1 Å². The van der Waals surface area contributed by atoms with Gasteiger partial charge in [0.25, 0.3) is 0 Å². The van der Waals surface area contributed by atoms with Crippen molar-refractivity contribution in [3.63, 3.8) is 0 Å². The Morgan fingerprint density at radius 1 is 1.24 bits per heavy atom. The fourth-order valence-electron chi connectivity index (χ4n) is 2.83. The highest BCUT2D eigenvalue weighted by Crippen LogP contribution is 2.29. The SMILES string of the molecule is C=C/C(Nc1nc2ccc(Oc3ccc4nc(NC)sc4n3)cc2[nH]1)=C(\C)F.O=CC1CC1. The van der Waals surface area contributed by atoms with Crippen LogP contribution in [0.4, 0.5) is 15.5 Å². The Hall–Kier alpha value is -3.79. The lowest BCUT2D eigenvalue weighted by Crippen LogP contribution is -1.99. The smallest absolute Gasteiger partial charge is 0.220 e. The number of aromatic nitrogens is 4. The fraction of sp³-hybridized carbons (Fsp3) is 0.217. The molecular formula is C23H23FN6O2S. The van der Waals surface area contributed by atoms with Gasteiger partial charge < -0.3 is 25.1 Å². The zero-order valence-corrected chi connectivity index (χ0v) is 19.0. The molecule has 0 atom stereocenters. The van der Waals surface area contributed by atoms with Crippen molar-refractivity contribution in [2.24, 2.45) is 5.92 Å². The number of anilines is 2. The molecule has 0 unspecified atom stereocenters. The van der Waals surface area contributed by atoms with Gasteiger partial charge in [0.15, 0.2) is 5.13 Å². The highest BCUT2D eigenvalue weighted by molar-refractivity contribution is 7.21. The minimum absolute atomic E-state index is 0.263. The predicted molar refractivity (Wildman–Crippen MR) is 130 cm³/mol. The summed E-state index contributed by atoms with van der Waals surface area (Å²) < 4.78 is 19.3. The molecule has 0 aliphatic heterocycles. The van der Waals surface area contributed by atoms with Gasteiger partial charge in [0.1, 0.15) is 28.2 Å². The number of nitrogens with one attached hydrogen (secondary N) is 3.